The van der Waals surface area contributed by atoms with Gasteiger partial charge in [-0.25, -0.2) is 9.18 Å². The second-order valence-electron chi connectivity index (χ2n) is 7.49. The zero-order chi connectivity index (χ0) is 18.0. The first kappa shape index (κ1) is 18.5. The van der Waals surface area contributed by atoms with Crippen molar-refractivity contribution in [2.45, 2.75) is 51.7 Å². The number of hydrogen-bond donors (Lipinski definition) is 1. The Morgan fingerprint density at radius 2 is 2.16 bits per heavy atom. The molecular formula is C19H27ClFN3O. The van der Waals surface area contributed by atoms with Crippen LogP contribution in [0.5, 0.6) is 0 Å². The van der Waals surface area contributed by atoms with Crippen LogP contribution in [0.1, 0.15) is 38.7 Å². The molecule has 2 fully saturated rings. The maximum atomic E-state index is 14.1. The molecule has 2 amide bonds. The summed E-state index contributed by atoms with van der Waals surface area (Å²) in [7, 11) is 0. The molecule has 4 nitrogen and oxygen atoms in total. The summed E-state index contributed by atoms with van der Waals surface area (Å²) >= 11 is 6.13. The van der Waals surface area contributed by atoms with Crippen LogP contribution in [0.15, 0.2) is 18.2 Å². The number of carbonyl (C=O) groups excluding carboxylic acids is 1. The van der Waals surface area contributed by atoms with Gasteiger partial charge in [-0.2, -0.15) is 0 Å². The van der Waals surface area contributed by atoms with E-state index in [9.17, 15) is 9.18 Å². The average molecular weight is 368 g/mol. The van der Waals surface area contributed by atoms with E-state index in [4.69, 9.17) is 11.6 Å². The number of benzene rings is 1. The number of hydrogen-bond acceptors (Lipinski definition) is 2. The fourth-order valence-electron chi connectivity index (χ4n) is 3.44. The second kappa shape index (κ2) is 7.92. The molecule has 1 aliphatic carbocycles. The van der Waals surface area contributed by atoms with Crippen molar-refractivity contribution in [1.82, 2.24) is 15.1 Å². The molecule has 0 bridgehead atoms. The summed E-state index contributed by atoms with van der Waals surface area (Å²) in [5.74, 6) is 0.138. The molecule has 138 valence electrons. The molecule has 1 heterocycles. The van der Waals surface area contributed by atoms with E-state index >= 15 is 0 Å². The van der Waals surface area contributed by atoms with Gasteiger partial charge in [0.15, 0.2) is 0 Å². The lowest BCUT2D eigenvalue weighted by atomic mass is 10.1. The van der Waals surface area contributed by atoms with Crippen molar-refractivity contribution in [2.75, 3.05) is 19.6 Å². The normalized spacial score (nSPS) is 20.9. The van der Waals surface area contributed by atoms with Gasteiger partial charge in [0, 0.05) is 35.8 Å². The van der Waals surface area contributed by atoms with Crippen molar-refractivity contribution in [3.8, 4) is 0 Å². The van der Waals surface area contributed by atoms with Crippen LogP contribution < -0.4 is 5.32 Å². The number of rotatable bonds is 6. The number of nitrogens with one attached hydrogen (secondary N) is 1. The number of urea groups is 1. The summed E-state index contributed by atoms with van der Waals surface area (Å²) in [5, 5.41) is 3.44. The number of halogens is 2. The van der Waals surface area contributed by atoms with Gasteiger partial charge in [0.2, 0.25) is 0 Å². The fraction of sp³-hybridized carbons (Fsp3) is 0.632. The van der Waals surface area contributed by atoms with E-state index in [1.165, 1.54) is 6.07 Å². The first-order valence-electron chi connectivity index (χ1n) is 9.17. The van der Waals surface area contributed by atoms with Gasteiger partial charge in [0.1, 0.15) is 5.82 Å². The van der Waals surface area contributed by atoms with Gasteiger partial charge in [-0.15, -0.1) is 0 Å². The highest BCUT2D eigenvalue weighted by atomic mass is 35.5. The lowest BCUT2D eigenvalue weighted by molar-refractivity contribution is 0.189. The van der Waals surface area contributed by atoms with E-state index in [1.54, 1.807) is 17.0 Å². The van der Waals surface area contributed by atoms with Crippen LogP contribution in [0.4, 0.5) is 9.18 Å². The third-order valence-electron chi connectivity index (χ3n) is 5.23. The predicted molar refractivity (Wildman–Crippen MR) is 98.2 cm³/mol. The third-order valence-corrected chi connectivity index (χ3v) is 5.58. The molecule has 1 aromatic carbocycles. The summed E-state index contributed by atoms with van der Waals surface area (Å²) < 4.78 is 14.1. The smallest absolute Gasteiger partial charge is 0.317 e. The van der Waals surface area contributed by atoms with Crippen LogP contribution >= 0.6 is 11.6 Å². The number of amides is 2. The Morgan fingerprint density at radius 1 is 1.40 bits per heavy atom. The largest absolute Gasteiger partial charge is 0.338 e. The van der Waals surface area contributed by atoms with Crippen LogP contribution in [0, 0.1) is 11.7 Å². The van der Waals surface area contributed by atoms with Crippen molar-refractivity contribution in [3.05, 3.63) is 34.6 Å². The molecule has 1 N–H and O–H groups in total. The van der Waals surface area contributed by atoms with Crippen LogP contribution in [0.2, 0.25) is 5.02 Å². The number of nitrogens with zero attached hydrogens (tertiary/aromatic N) is 2. The van der Waals surface area contributed by atoms with Crippen molar-refractivity contribution >= 4 is 17.6 Å². The molecular weight excluding hydrogens is 341 g/mol. The predicted octanol–water partition coefficient (Wildman–Crippen LogP) is 3.88. The minimum Gasteiger partial charge on any atom is -0.338 e. The van der Waals surface area contributed by atoms with E-state index in [-0.39, 0.29) is 24.4 Å². The Labute approximate surface area is 154 Å². The van der Waals surface area contributed by atoms with Gasteiger partial charge in [0.25, 0.3) is 0 Å². The maximum absolute atomic E-state index is 14.1. The van der Waals surface area contributed by atoms with E-state index in [1.807, 2.05) is 0 Å². The lowest BCUT2D eigenvalue weighted by Crippen LogP contribution is -2.43. The SMILES string of the molecule is CC(C)N1CC[C@H](CNC(=O)N(Cc2c(F)cccc2Cl)C2CC2)C1. The lowest BCUT2D eigenvalue weighted by Gasteiger charge is -2.25. The minimum absolute atomic E-state index is 0.107. The zero-order valence-corrected chi connectivity index (χ0v) is 15.7. The molecule has 6 heteroatoms. The minimum atomic E-state index is -0.352. The standard InChI is InChI=1S/C19H27ClFN3O/c1-13(2)23-9-8-14(11-23)10-22-19(25)24(15-6-7-15)12-16-17(20)4-3-5-18(16)21/h3-5,13-15H,6-12H2,1-2H3,(H,22,25)/t14-/m1/s1. The highest BCUT2D eigenvalue weighted by Gasteiger charge is 2.34. The van der Waals surface area contributed by atoms with Crippen molar-refractivity contribution in [2.24, 2.45) is 5.92 Å². The van der Waals surface area contributed by atoms with E-state index in [2.05, 4.69) is 24.1 Å². The highest BCUT2D eigenvalue weighted by Crippen LogP contribution is 2.30. The maximum Gasteiger partial charge on any atom is 0.317 e. The van der Waals surface area contributed by atoms with Gasteiger partial charge in [-0.1, -0.05) is 17.7 Å². The van der Waals surface area contributed by atoms with E-state index in [0.717, 1.165) is 32.4 Å². The van der Waals surface area contributed by atoms with Crippen molar-refractivity contribution in [3.63, 3.8) is 0 Å². The Morgan fingerprint density at radius 3 is 2.76 bits per heavy atom. The van der Waals surface area contributed by atoms with Crippen LogP contribution in [0.25, 0.3) is 0 Å². The first-order valence-corrected chi connectivity index (χ1v) is 9.55. The average Bonchev–Trinajstić information content (AvgIpc) is 3.29. The summed E-state index contributed by atoms with van der Waals surface area (Å²) in [6.07, 6.45) is 3.06. The number of carbonyl (C=O) groups is 1. The molecule has 1 aliphatic heterocycles. The van der Waals surface area contributed by atoms with Gasteiger partial charge in [0.05, 0.1) is 6.54 Å². The third kappa shape index (κ3) is 4.64. The molecule has 1 atom stereocenters. The summed E-state index contributed by atoms with van der Waals surface area (Å²) in [5.41, 5.74) is 0.401. The van der Waals surface area contributed by atoms with Crippen LogP contribution in [0.3, 0.4) is 0 Å². The fourth-order valence-corrected chi connectivity index (χ4v) is 3.66. The monoisotopic (exact) mass is 367 g/mol. The molecule has 0 unspecified atom stereocenters. The molecule has 0 radical (unpaired) electrons. The molecule has 3 rings (SSSR count). The second-order valence-corrected chi connectivity index (χ2v) is 7.90. The quantitative estimate of drug-likeness (QED) is 0.828. The molecule has 25 heavy (non-hydrogen) atoms. The molecule has 1 saturated heterocycles. The zero-order valence-electron chi connectivity index (χ0n) is 15.0. The van der Waals surface area contributed by atoms with E-state index < -0.39 is 0 Å². The van der Waals surface area contributed by atoms with E-state index in [0.29, 0.717) is 29.1 Å². The summed E-state index contributed by atoms with van der Waals surface area (Å²) in [6, 6.07) is 5.29. The molecule has 1 aromatic rings. The molecule has 2 aliphatic rings. The molecule has 1 saturated carbocycles. The topological polar surface area (TPSA) is 35.6 Å². The first-order chi connectivity index (χ1) is 12.0. The molecule has 0 aromatic heterocycles. The number of likely N-dealkylation sites (tertiary alicyclic amines) is 1. The van der Waals surface area contributed by atoms with Gasteiger partial charge >= 0.3 is 6.03 Å². The van der Waals surface area contributed by atoms with Crippen molar-refractivity contribution in [1.29, 1.82) is 0 Å². The Hall–Kier alpha value is -1.33. The Bertz CT molecular complexity index is 600. The van der Waals surface area contributed by atoms with Gasteiger partial charge in [-0.3, -0.25) is 0 Å². The van der Waals surface area contributed by atoms with Crippen LogP contribution in [-0.4, -0.2) is 47.5 Å². The Kier molecular flexibility index (Phi) is 5.85. The summed E-state index contributed by atoms with van der Waals surface area (Å²) in [4.78, 5) is 16.8. The van der Waals surface area contributed by atoms with Gasteiger partial charge in [-0.05, 0) is 57.7 Å². The Balaban J connectivity index is 1.57. The molecule has 0 spiro atoms. The summed E-state index contributed by atoms with van der Waals surface area (Å²) in [6.45, 7) is 7.43. The van der Waals surface area contributed by atoms with Crippen LogP contribution in [-0.2, 0) is 6.54 Å². The van der Waals surface area contributed by atoms with Gasteiger partial charge < -0.3 is 15.1 Å². The highest BCUT2D eigenvalue weighted by molar-refractivity contribution is 6.31. The van der Waals surface area contributed by atoms with Crippen molar-refractivity contribution < 1.29 is 9.18 Å².